The quantitative estimate of drug-likeness (QED) is 0.734. The zero-order valence-electron chi connectivity index (χ0n) is 10.4. The fourth-order valence-corrected chi connectivity index (χ4v) is 2.86. The van der Waals surface area contributed by atoms with Crippen molar-refractivity contribution in [3.8, 4) is 5.75 Å². The predicted octanol–water partition coefficient (Wildman–Crippen LogP) is 2.89. The van der Waals surface area contributed by atoms with Crippen molar-refractivity contribution in [3.05, 3.63) is 22.7 Å². The number of carbonyl (C=O) groups excluding carboxylic acids is 1. The van der Waals surface area contributed by atoms with Gasteiger partial charge in [-0.25, -0.2) is 0 Å². The van der Waals surface area contributed by atoms with E-state index in [-0.39, 0.29) is 35.9 Å². The lowest BCUT2D eigenvalue weighted by atomic mass is 9.95. The van der Waals surface area contributed by atoms with E-state index in [4.69, 9.17) is 5.73 Å². The Morgan fingerprint density at radius 2 is 2.21 bits per heavy atom. The van der Waals surface area contributed by atoms with Gasteiger partial charge in [0.1, 0.15) is 5.75 Å². The Balaban J connectivity index is 0.00000180. The molecule has 0 heterocycles. The third-order valence-corrected chi connectivity index (χ3v) is 4.01. The molecule has 0 radical (unpaired) electrons. The lowest BCUT2D eigenvalue weighted by Crippen LogP contribution is -2.29. The second-order valence-corrected chi connectivity index (χ2v) is 5.60. The van der Waals surface area contributed by atoms with E-state index in [0.29, 0.717) is 12.2 Å². The van der Waals surface area contributed by atoms with Crippen LogP contribution in [0.4, 0.5) is 5.69 Å². The maximum absolute atomic E-state index is 12.2. The zero-order chi connectivity index (χ0) is 13.1. The molecule has 106 valence electrons. The van der Waals surface area contributed by atoms with E-state index in [0.717, 1.165) is 23.7 Å². The van der Waals surface area contributed by atoms with Crippen LogP contribution in [0.2, 0.25) is 0 Å². The van der Waals surface area contributed by atoms with Crippen molar-refractivity contribution >= 4 is 39.9 Å². The lowest BCUT2D eigenvalue weighted by molar-refractivity contribution is -0.120. The number of aromatic hydroxyl groups is 1. The van der Waals surface area contributed by atoms with Gasteiger partial charge in [-0.05, 0) is 43.5 Å². The minimum atomic E-state index is -0.0450. The minimum absolute atomic E-state index is 0. The summed E-state index contributed by atoms with van der Waals surface area (Å²) in [6.45, 7) is 0.544. The third-order valence-electron chi connectivity index (χ3n) is 3.52. The summed E-state index contributed by atoms with van der Waals surface area (Å²) in [6, 6.07) is 4.97. The van der Waals surface area contributed by atoms with E-state index in [2.05, 4.69) is 21.2 Å². The highest BCUT2D eigenvalue weighted by Gasteiger charge is 2.32. The van der Waals surface area contributed by atoms with Crippen LogP contribution in [0, 0.1) is 11.8 Å². The van der Waals surface area contributed by atoms with Crippen molar-refractivity contribution in [2.24, 2.45) is 17.6 Å². The molecule has 1 amide bonds. The van der Waals surface area contributed by atoms with Gasteiger partial charge in [-0.2, -0.15) is 0 Å². The first-order valence-electron chi connectivity index (χ1n) is 6.11. The fraction of sp³-hybridized carbons (Fsp3) is 0.462. The third kappa shape index (κ3) is 3.84. The highest BCUT2D eigenvalue weighted by Crippen LogP contribution is 2.33. The molecule has 0 saturated heterocycles. The van der Waals surface area contributed by atoms with Crippen LogP contribution in [-0.2, 0) is 4.79 Å². The van der Waals surface area contributed by atoms with Gasteiger partial charge < -0.3 is 16.2 Å². The summed E-state index contributed by atoms with van der Waals surface area (Å²) in [5, 5.41) is 12.5. The number of hydrogen-bond donors (Lipinski definition) is 3. The Morgan fingerprint density at radius 3 is 2.89 bits per heavy atom. The first kappa shape index (κ1) is 16.3. The number of nitrogens with one attached hydrogen (secondary N) is 1. The molecule has 1 aliphatic rings. The number of anilines is 1. The number of benzene rings is 1. The van der Waals surface area contributed by atoms with Crippen molar-refractivity contribution in [2.75, 3.05) is 11.9 Å². The van der Waals surface area contributed by atoms with Gasteiger partial charge in [0.2, 0.25) is 5.91 Å². The van der Waals surface area contributed by atoms with Gasteiger partial charge in [0.15, 0.2) is 0 Å². The Labute approximate surface area is 127 Å². The highest BCUT2D eigenvalue weighted by molar-refractivity contribution is 9.10. The van der Waals surface area contributed by atoms with Crippen molar-refractivity contribution in [2.45, 2.75) is 19.3 Å². The lowest BCUT2D eigenvalue weighted by Gasteiger charge is -2.17. The van der Waals surface area contributed by atoms with Crippen LogP contribution in [0.5, 0.6) is 5.75 Å². The molecule has 4 nitrogen and oxygen atoms in total. The van der Waals surface area contributed by atoms with Crippen LogP contribution < -0.4 is 11.1 Å². The Hall–Kier alpha value is -0.780. The van der Waals surface area contributed by atoms with E-state index in [1.807, 2.05) is 0 Å². The number of phenolic OH excluding ortho intramolecular Hbond substituents is 1. The van der Waals surface area contributed by atoms with Crippen molar-refractivity contribution in [3.63, 3.8) is 0 Å². The largest absolute Gasteiger partial charge is 0.506 e. The maximum atomic E-state index is 12.2. The number of carbonyl (C=O) groups is 1. The summed E-state index contributed by atoms with van der Waals surface area (Å²) in [4.78, 5) is 12.2. The molecule has 1 saturated carbocycles. The second-order valence-electron chi connectivity index (χ2n) is 4.68. The van der Waals surface area contributed by atoms with Gasteiger partial charge in [0.25, 0.3) is 0 Å². The molecule has 0 aromatic heterocycles. The molecular formula is C13H18BrClN2O2. The van der Waals surface area contributed by atoms with Crippen molar-refractivity contribution in [1.82, 2.24) is 0 Å². The topological polar surface area (TPSA) is 75.4 Å². The van der Waals surface area contributed by atoms with Gasteiger partial charge in [0, 0.05) is 10.4 Å². The average Bonchev–Trinajstić information content (AvgIpc) is 2.82. The first-order valence-corrected chi connectivity index (χ1v) is 6.90. The van der Waals surface area contributed by atoms with Gasteiger partial charge in [0.05, 0.1) is 5.69 Å². The molecule has 1 fully saturated rings. The smallest absolute Gasteiger partial charge is 0.227 e. The van der Waals surface area contributed by atoms with Crippen molar-refractivity contribution in [1.29, 1.82) is 0 Å². The van der Waals surface area contributed by atoms with E-state index >= 15 is 0 Å². The van der Waals surface area contributed by atoms with Crippen LogP contribution in [0.25, 0.3) is 0 Å². The van der Waals surface area contributed by atoms with E-state index in [1.54, 1.807) is 18.2 Å². The minimum Gasteiger partial charge on any atom is -0.506 e. The highest BCUT2D eigenvalue weighted by atomic mass is 79.9. The van der Waals surface area contributed by atoms with Gasteiger partial charge in [-0.15, -0.1) is 12.4 Å². The predicted molar refractivity (Wildman–Crippen MR) is 81.6 cm³/mol. The van der Waals surface area contributed by atoms with Gasteiger partial charge in [-0.3, -0.25) is 4.79 Å². The van der Waals surface area contributed by atoms with Gasteiger partial charge >= 0.3 is 0 Å². The molecule has 0 aliphatic heterocycles. The van der Waals surface area contributed by atoms with E-state index in [1.165, 1.54) is 0 Å². The van der Waals surface area contributed by atoms with Crippen LogP contribution in [-0.4, -0.2) is 17.6 Å². The Kier molecular flexibility index (Phi) is 6.10. The standard InChI is InChI=1S/C13H17BrN2O2.ClH/c14-9-4-5-12(17)11(6-9)16-13(18)10-3-1-2-8(10)7-15;/h4-6,8,10,17H,1-3,7,15H2,(H,16,18);1H/t8-,10-;/m1./s1. The SMILES string of the molecule is Cl.NC[C@H]1CCC[C@H]1C(=O)Nc1cc(Br)ccc1O. The molecule has 6 heteroatoms. The molecule has 0 bridgehead atoms. The van der Waals surface area contributed by atoms with Gasteiger partial charge in [-0.1, -0.05) is 22.4 Å². The van der Waals surface area contributed by atoms with E-state index < -0.39 is 0 Å². The normalized spacial score (nSPS) is 21.8. The van der Waals surface area contributed by atoms with E-state index in [9.17, 15) is 9.90 Å². The van der Waals surface area contributed by atoms with Crippen LogP contribution in [0.1, 0.15) is 19.3 Å². The maximum Gasteiger partial charge on any atom is 0.227 e. The molecule has 19 heavy (non-hydrogen) atoms. The summed E-state index contributed by atoms with van der Waals surface area (Å²) >= 11 is 3.31. The molecular weight excluding hydrogens is 332 g/mol. The van der Waals surface area contributed by atoms with Crippen LogP contribution in [0.15, 0.2) is 22.7 Å². The summed E-state index contributed by atoms with van der Waals surface area (Å²) < 4.78 is 0.817. The Bertz CT molecular complexity index is 456. The number of phenols is 1. The Morgan fingerprint density at radius 1 is 1.47 bits per heavy atom. The van der Waals surface area contributed by atoms with Crippen LogP contribution >= 0.6 is 28.3 Å². The first-order chi connectivity index (χ1) is 8.61. The molecule has 0 unspecified atom stereocenters. The zero-order valence-corrected chi connectivity index (χ0v) is 12.8. The number of nitrogens with two attached hydrogens (primary N) is 1. The number of rotatable bonds is 3. The van der Waals surface area contributed by atoms with Crippen molar-refractivity contribution < 1.29 is 9.90 Å². The fourth-order valence-electron chi connectivity index (χ4n) is 2.50. The number of halogens is 2. The molecule has 1 aromatic rings. The summed E-state index contributed by atoms with van der Waals surface area (Å²) in [6.07, 6.45) is 2.94. The second kappa shape index (κ2) is 7.12. The number of amides is 1. The molecule has 2 atom stereocenters. The molecule has 1 aliphatic carbocycles. The monoisotopic (exact) mass is 348 g/mol. The molecule has 0 spiro atoms. The molecule has 1 aromatic carbocycles. The van der Waals surface area contributed by atoms with Crippen LogP contribution in [0.3, 0.4) is 0 Å². The summed E-state index contributed by atoms with van der Waals surface area (Å²) in [5.74, 6) is 0.262. The molecule has 2 rings (SSSR count). The average molecular weight is 350 g/mol. The summed E-state index contributed by atoms with van der Waals surface area (Å²) in [7, 11) is 0. The molecule has 4 N–H and O–H groups in total. The number of hydrogen-bond acceptors (Lipinski definition) is 3. The summed E-state index contributed by atoms with van der Waals surface area (Å²) in [5.41, 5.74) is 6.11.